The maximum Gasteiger partial charge on any atom is 0.0625 e. The number of aryl methyl sites for hydroxylation is 2. The predicted octanol–water partition coefficient (Wildman–Crippen LogP) is 2.04. The molecule has 1 aromatic rings. The second kappa shape index (κ2) is 5.63. The zero-order valence-electron chi connectivity index (χ0n) is 13.0. The molecule has 1 aliphatic rings. The van der Waals surface area contributed by atoms with E-state index < -0.39 is 0 Å². The lowest BCUT2D eigenvalue weighted by atomic mass is 9.99. The topological polar surface area (TPSA) is 33.1 Å². The van der Waals surface area contributed by atoms with Crippen molar-refractivity contribution in [3.8, 4) is 0 Å². The lowest BCUT2D eigenvalue weighted by molar-refractivity contribution is 0.0950. The molecule has 0 radical (unpaired) electrons. The monoisotopic (exact) mass is 264 g/mol. The molecule has 4 heteroatoms. The second-order valence-electron chi connectivity index (χ2n) is 6.32. The molecular formula is C15H28N4. The molecule has 108 valence electrons. The Kier molecular flexibility index (Phi) is 4.31. The summed E-state index contributed by atoms with van der Waals surface area (Å²) in [5.74, 6) is 0. The van der Waals surface area contributed by atoms with Gasteiger partial charge in [-0.05, 0) is 40.2 Å². The van der Waals surface area contributed by atoms with Crippen molar-refractivity contribution in [2.75, 3.05) is 13.1 Å². The Morgan fingerprint density at radius 3 is 2.79 bits per heavy atom. The molecule has 0 amide bonds. The summed E-state index contributed by atoms with van der Waals surface area (Å²) < 4.78 is 2.15. The average Bonchev–Trinajstić information content (AvgIpc) is 2.76. The highest BCUT2D eigenvalue weighted by Crippen LogP contribution is 2.18. The van der Waals surface area contributed by atoms with E-state index in [2.05, 4.69) is 60.7 Å². The lowest BCUT2D eigenvalue weighted by Crippen LogP contribution is -2.60. The molecule has 1 N–H and O–H groups in total. The number of piperazine rings is 1. The smallest absolute Gasteiger partial charge is 0.0625 e. The molecule has 0 saturated carbocycles. The van der Waals surface area contributed by atoms with Crippen LogP contribution in [0, 0.1) is 0 Å². The van der Waals surface area contributed by atoms with Gasteiger partial charge in [0.05, 0.1) is 11.4 Å². The van der Waals surface area contributed by atoms with Crippen LogP contribution in [0.15, 0.2) is 6.07 Å². The number of hydrogen-bond acceptors (Lipinski definition) is 3. The summed E-state index contributed by atoms with van der Waals surface area (Å²) in [6.07, 6.45) is 1.02. The third kappa shape index (κ3) is 3.37. The van der Waals surface area contributed by atoms with Gasteiger partial charge in [0, 0.05) is 37.8 Å². The molecule has 1 atom stereocenters. The third-order valence-electron chi connectivity index (χ3n) is 4.04. The van der Waals surface area contributed by atoms with Crippen LogP contribution in [-0.2, 0) is 19.5 Å². The molecule has 19 heavy (non-hydrogen) atoms. The second-order valence-corrected chi connectivity index (χ2v) is 6.32. The molecule has 0 aromatic carbocycles. The van der Waals surface area contributed by atoms with Gasteiger partial charge in [0.2, 0.25) is 0 Å². The van der Waals surface area contributed by atoms with Crippen LogP contribution in [0.1, 0.15) is 46.0 Å². The van der Waals surface area contributed by atoms with Gasteiger partial charge in [0.25, 0.3) is 0 Å². The fourth-order valence-corrected chi connectivity index (χ4v) is 2.78. The van der Waals surface area contributed by atoms with Crippen molar-refractivity contribution < 1.29 is 0 Å². The molecule has 1 fully saturated rings. The van der Waals surface area contributed by atoms with Gasteiger partial charge in [-0.3, -0.25) is 9.58 Å². The Balaban J connectivity index is 2.13. The molecule has 2 heterocycles. The van der Waals surface area contributed by atoms with Crippen molar-refractivity contribution in [2.45, 2.75) is 65.7 Å². The van der Waals surface area contributed by atoms with Crippen LogP contribution in [0.3, 0.4) is 0 Å². The Hall–Kier alpha value is -0.870. The summed E-state index contributed by atoms with van der Waals surface area (Å²) in [5.41, 5.74) is 2.76. The molecule has 1 saturated heterocycles. The van der Waals surface area contributed by atoms with Gasteiger partial charge in [-0.2, -0.15) is 5.10 Å². The van der Waals surface area contributed by atoms with Crippen LogP contribution >= 0.6 is 0 Å². The van der Waals surface area contributed by atoms with Crippen molar-refractivity contribution in [3.05, 3.63) is 17.5 Å². The van der Waals surface area contributed by atoms with E-state index in [0.717, 1.165) is 32.6 Å². The number of rotatable bonds is 4. The maximum absolute atomic E-state index is 4.65. The Labute approximate surface area is 117 Å². The van der Waals surface area contributed by atoms with Crippen molar-refractivity contribution in [1.82, 2.24) is 20.0 Å². The fraction of sp³-hybridized carbons (Fsp3) is 0.800. The molecule has 4 nitrogen and oxygen atoms in total. The van der Waals surface area contributed by atoms with Crippen LogP contribution in [0.25, 0.3) is 0 Å². The Morgan fingerprint density at radius 1 is 1.42 bits per heavy atom. The summed E-state index contributed by atoms with van der Waals surface area (Å²) >= 11 is 0. The maximum atomic E-state index is 4.65. The molecule has 1 aromatic heterocycles. The highest BCUT2D eigenvalue weighted by atomic mass is 15.3. The summed E-state index contributed by atoms with van der Waals surface area (Å²) in [6.45, 7) is 15.3. The molecular weight excluding hydrogens is 236 g/mol. The van der Waals surface area contributed by atoms with Crippen LogP contribution < -0.4 is 5.32 Å². The van der Waals surface area contributed by atoms with Crippen LogP contribution in [0.2, 0.25) is 0 Å². The van der Waals surface area contributed by atoms with Crippen molar-refractivity contribution >= 4 is 0 Å². The van der Waals surface area contributed by atoms with Crippen LogP contribution in [-0.4, -0.2) is 39.4 Å². The number of nitrogens with one attached hydrogen (secondary N) is 1. The highest BCUT2D eigenvalue weighted by molar-refractivity contribution is 5.11. The molecule has 0 aliphatic carbocycles. The number of nitrogens with zero attached hydrogens (tertiary/aromatic N) is 3. The van der Waals surface area contributed by atoms with Gasteiger partial charge in [0.15, 0.2) is 0 Å². The van der Waals surface area contributed by atoms with Crippen LogP contribution in [0.5, 0.6) is 0 Å². The van der Waals surface area contributed by atoms with Gasteiger partial charge >= 0.3 is 0 Å². The first-order chi connectivity index (χ1) is 8.95. The van der Waals surface area contributed by atoms with E-state index in [-0.39, 0.29) is 5.54 Å². The molecule has 0 spiro atoms. The number of hydrogen-bond donors (Lipinski definition) is 1. The quantitative estimate of drug-likeness (QED) is 0.903. The van der Waals surface area contributed by atoms with Crippen LogP contribution in [0.4, 0.5) is 0 Å². The summed E-state index contributed by atoms with van der Waals surface area (Å²) in [4.78, 5) is 2.57. The van der Waals surface area contributed by atoms with E-state index in [1.807, 2.05) is 0 Å². The highest BCUT2D eigenvalue weighted by Gasteiger charge is 2.30. The SMILES string of the molecule is CCc1cc(CN2CC(C)(C)NCC2C)n(CC)n1. The van der Waals surface area contributed by atoms with Gasteiger partial charge in [-0.15, -0.1) is 0 Å². The van der Waals surface area contributed by atoms with E-state index in [1.165, 1.54) is 11.4 Å². The largest absolute Gasteiger partial charge is 0.309 e. The number of aromatic nitrogens is 2. The normalized spacial score (nSPS) is 23.7. The first kappa shape index (κ1) is 14.5. The van der Waals surface area contributed by atoms with Gasteiger partial charge in [0.1, 0.15) is 0 Å². The first-order valence-corrected chi connectivity index (χ1v) is 7.50. The molecule has 1 aliphatic heterocycles. The van der Waals surface area contributed by atoms with Gasteiger partial charge in [-0.1, -0.05) is 6.92 Å². The molecule has 1 unspecified atom stereocenters. The van der Waals surface area contributed by atoms with E-state index >= 15 is 0 Å². The summed E-state index contributed by atoms with van der Waals surface area (Å²) in [5, 5.41) is 8.25. The first-order valence-electron chi connectivity index (χ1n) is 7.50. The van der Waals surface area contributed by atoms with E-state index in [4.69, 9.17) is 0 Å². The zero-order valence-corrected chi connectivity index (χ0v) is 13.0. The van der Waals surface area contributed by atoms with Crippen molar-refractivity contribution in [1.29, 1.82) is 0 Å². The van der Waals surface area contributed by atoms with Gasteiger partial charge in [-0.25, -0.2) is 0 Å². The average molecular weight is 264 g/mol. The third-order valence-corrected chi connectivity index (χ3v) is 4.04. The molecule has 2 rings (SSSR count). The van der Waals surface area contributed by atoms with Gasteiger partial charge < -0.3 is 5.32 Å². The lowest BCUT2D eigenvalue weighted by Gasteiger charge is -2.43. The Morgan fingerprint density at radius 2 is 2.16 bits per heavy atom. The minimum absolute atomic E-state index is 0.206. The molecule has 0 bridgehead atoms. The zero-order chi connectivity index (χ0) is 14.0. The van der Waals surface area contributed by atoms with Crippen molar-refractivity contribution in [3.63, 3.8) is 0 Å². The minimum atomic E-state index is 0.206. The predicted molar refractivity (Wildman–Crippen MR) is 79.2 cm³/mol. The van der Waals surface area contributed by atoms with E-state index in [9.17, 15) is 0 Å². The minimum Gasteiger partial charge on any atom is -0.309 e. The Bertz CT molecular complexity index is 422. The summed E-state index contributed by atoms with van der Waals surface area (Å²) in [7, 11) is 0. The standard InChI is InChI=1S/C15H28N4/c1-6-13-8-14(19(7-2)17-13)10-18-11-15(4,5)16-9-12(18)3/h8,12,16H,6-7,9-11H2,1-5H3. The van der Waals surface area contributed by atoms with E-state index in [1.54, 1.807) is 0 Å². The van der Waals surface area contributed by atoms with E-state index in [0.29, 0.717) is 6.04 Å². The summed E-state index contributed by atoms with van der Waals surface area (Å²) in [6, 6.07) is 2.85. The fourth-order valence-electron chi connectivity index (χ4n) is 2.78. The van der Waals surface area contributed by atoms with Crippen molar-refractivity contribution in [2.24, 2.45) is 0 Å².